The highest BCUT2D eigenvalue weighted by Crippen LogP contribution is 2.31. The van der Waals surface area contributed by atoms with Crippen LogP contribution in [-0.2, 0) is 4.84 Å². The number of fused-ring (bicyclic) bond motifs is 1. The minimum Gasteiger partial charge on any atom is -0.382 e. The Morgan fingerprint density at radius 2 is 1.97 bits per heavy atom. The lowest BCUT2D eigenvalue weighted by Crippen LogP contribution is -2.33. The minimum absolute atomic E-state index is 0.108. The monoisotopic (exact) mass is 400 g/mol. The highest BCUT2D eigenvalue weighted by atomic mass is 16.7. The number of anilines is 2. The van der Waals surface area contributed by atoms with E-state index in [-0.39, 0.29) is 12.1 Å². The fourth-order valence-electron chi connectivity index (χ4n) is 3.75. The molecule has 8 nitrogen and oxygen atoms in total. The fraction of sp³-hybridized carbons (Fsp3) is 0.136. The van der Waals surface area contributed by atoms with Crippen molar-refractivity contribution in [3.8, 4) is 11.3 Å². The highest BCUT2D eigenvalue weighted by molar-refractivity contribution is 5.90. The van der Waals surface area contributed by atoms with Crippen molar-refractivity contribution >= 4 is 23.1 Å². The van der Waals surface area contributed by atoms with Gasteiger partial charge in [-0.15, -0.1) is 0 Å². The first-order valence-electron chi connectivity index (χ1n) is 9.67. The molecular weight excluding hydrogens is 380 g/mol. The van der Waals surface area contributed by atoms with Gasteiger partial charge in [-0.2, -0.15) is 10.2 Å². The van der Waals surface area contributed by atoms with E-state index in [1.165, 1.54) is 11.4 Å². The van der Waals surface area contributed by atoms with E-state index in [0.29, 0.717) is 18.1 Å². The van der Waals surface area contributed by atoms with E-state index in [1.807, 2.05) is 66.7 Å². The van der Waals surface area contributed by atoms with Gasteiger partial charge < -0.3 is 11.1 Å². The number of nitrogens with zero attached hydrogens (tertiary/aromatic N) is 4. The number of aromatic nitrogens is 3. The first-order valence-corrected chi connectivity index (χ1v) is 9.67. The van der Waals surface area contributed by atoms with Gasteiger partial charge in [-0.25, -0.2) is 14.3 Å². The zero-order valence-electron chi connectivity index (χ0n) is 16.1. The molecule has 2 aromatic heterocycles. The number of rotatable bonds is 3. The molecule has 4 aromatic rings. The van der Waals surface area contributed by atoms with Gasteiger partial charge in [-0.3, -0.25) is 4.84 Å². The quantitative estimate of drug-likeness (QED) is 0.544. The molecule has 1 saturated heterocycles. The van der Waals surface area contributed by atoms with Crippen molar-refractivity contribution in [1.29, 1.82) is 0 Å². The number of benzene rings is 2. The first kappa shape index (κ1) is 18.1. The maximum absolute atomic E-state index is 12.9. The molecule has 0 saturated carbocycles. The number of nitrogens with one attached hydrogen (secondary N) is 1. The summed E-state index contributed by atoms with van der Waals surface area (Å²) in [6.07, 6.45) is 2.18. The summed E-state index contributed by atoms with van der Waals surface area (Å²) in [5.74, 6) is 0.416. The van der Waals surface area contributed by atoms with Gasteiger partial charge in [0.15, 0.2) is 5.82 Å². The molecule has 150 valence electrons. The van der Waals surface area contributed by atoms with E-state index in [1.54, 1.807) is 4.52 Å². The average molecular weight is 400 g/mol. The number of carbonyl (C=O) groups excluding carboxylic acids is 1. The van der Waals surface area contributed by atoms with Crippen LogP contribution < -0.4 is 11.1 Å². The molecule has 0 bridgehead atoms. The van der Waals surface area contributed by atoms with Gasteiger partial charge in [0.2, 0.25) is 0 Å². The molecule has 0 aliphatic carbocycles. The van der Waals surface area contributed by atoms with E-state index in [9.17, 15) is 4.79 Å². The molecule has 1 aliphatic heterocycles. The molecule has 0 radical (unpaired) electrons. The lowest BCUT2D eigenvalue weighted by Gasteiger charge is -2.23. The second-order valence-electron chi connectivity index (χ2n) is 7.05. The summed E-state index contributed by atoms with van der Waals surface area (Å²) in [6.45, 7) is 0.504. The second kappa shape index (κ2) is 7.49. The van der Waals surface area contributed by atoms with Crippen LogP contribution >= 0.6 is 0 Å². The molecule has 1 aliphatic rings. The molecule has 8 heteroatoms. The van der Waals surface area contributed by atoms with Gasteiger partial charge in [-0.05, 0) is 29.8 Å². The van der Waals surface area contributed by atoms with Gasteiger partial charge >= 0.3 is 6.03 Å². The maximum atomic E-state index is 12.9. The summed E-state index contributed by atoms with van der Waals surface area (Å²) in [5.41, 5.74) is 10.1. The van der Waals surface area contributed by atoms with Gasteiger partial charge in [0, 0.05) is 17.7 Å². The third-order valence-corrected chi connectivity index (χ3v) is 5.18. The number of hydrogen-bond donors (Lipinski definition) is 2. The summed E-state index contributed by atoms with van der Waals surface area (Å²) in [5, 5.41) is 8.65. The highest BCUT2D eigenvalue weighted by Gasteiger charge is 2.31. The van der Waals surface area contributed by atoms with E-state index < -0.39 is 0 Å². The molecular formula is C22H20N6O2. The van der Waals surface area contributed by atoms with E-state index in [4.69, 9.17) is 10.6 Å². The van der Waals surface area contributed by atoms with Gasteiger partial charge in [-0.1, -0.05) is 42.5 Å². The Kier molecular flexibility index (Phi) is 4.53. The van der Waals surface area contributed by atoms with Crippen LogP contribution in [0.5, 0.6) is 0 Å². The van der Waals surface area contributed by atoms with Crippen molar-refractivity contribution in [1.82, 2.24) is 19.7 Å². The van der Waals surface area contributed by atoms with Gasteiger partial charge in [0.25, 0.3) is 0 Å². The number of carbonyl (C=O) groups is 1. The predicted molar refractivity (Wildman–Crippen MR) is 113 cm³/mol. The van der Waals surface area contributed by atoms with Crippen molar-refractivity contribution in [2.75, 3.05) is 17.7 Å². The predicted octanol–water partition coefficient (Wildman–Crippen LogP) is 3.89. The third kappa shape index (κ3) is 3.23. The van der Waals surface area contributed by atoms with Crippen molar-refractivity contribution in [3.05, 3.63) is 78.6 Å². The summed E-state index contributed by atoms with van der Waals surface area (Å²) in [7, 11) is 0. The number of amides is 2. The molecule has 0 spiro atoms. The van der Waals surface area contributed by atoms with Crippen LogP contribution in [0, 0.1) is 0 Å². The van der Waals surface area contributed by atoms with Crippen LogP contribution in [-0.4, -0.2) is 32.3 Å². The Hall–Kier alpha value is -3.91. The number of nitrogens with two attached hydrogens (primary N) is 1. The van der Waals surface area contributed by atoms with Crippen molar-refractivity contribution in [2.45, 2.75) is 12.5 Å². The van der Waals surface area contributed by atoms with E-state index in [0.717, 1.165) is 28.8 Å². The van der Waals surface area contributed by atoms with Crippen molar-refractivity contribution in [2.24, 2.45) is 0 Å². The maximum Gasteiger partial charge on any atom is 0.346 e. The van der Waals surface area contributed by atoms with E-state index >= 15 is 0 Å². The molecule has 3 heterocycles. The molecule has 2 aromatic carbocycles. The average Bonchev–Trinajstić information content (AvgIpc) is 3.43. The molecule has 2 amide bonds. The molecule has 1 fully saturated rings. The zero-order chi connectivity index (χ0) is 20.5. The van der Waals surface area contributed by atoms with Crippen LogP contribution in [0.4, 0.5) is 16.3 Å². The smallest absolute Gasteiger partial charge is 0.346 e. The fourth-order valence-corrected chi connectivity index (χ4v) is 3.75. The number of hydrogen-bond acceptors (Lipinski definition) is 5. The molecule has 5 rings (SSSR count). The van der Waals surface area contributed by atoms with E-state index in [2.05, 4.69) is 15.4 Å². The summed E-state index contributed by atoms with van der Waals surface area (Å²) in [6, 6.07) is 20.9. The van der Waals surface area contributed by atoms with Crippen LogP contribution in [0.3, 0.4) is 0 Å². The molecule has 30 heavy (non-hydrogen) atoms. The normalized spacial score (nSPS) is 16.1. The van der Waals surface area contributed by atoms with Gasteiger partial charge in [0.1, 0.15) is 11.8 Å². The lowest BCUT2D eigenvalue weighted by molar-refractivity contribution is -0.0829. The van der Waals surface area contributed by atoms with Crippen LogP contribution in [0.25, 0.3) is 16.8 Å². The summed E-state index contributed by atoms with van der Waals surface area (Å²) >= 11 is 0. The molecule has 1 atom stereocenters. The largest absolute Gasteiger partial charge is 0.382 e. The second-order valence-corrected chi connectivity index (χ2v) is 7.05. The van der Waals surface area contributed by atoms with Gasteiger partial charge in [0.05, 0.1) is 18.3 Å². The lowest BCUT2D eigenvalue weighted by atomic mass is 10.1. The van der Waals surface area contributed by atoms with Crippen LogP contribution in [0.2, 0.25) is 0 Å². The van der Waals surface area contributed by atoms with Crippen LogP contribution in [0.1, 0.15) is 18.0 Å². The Balaban J connectivity index is 1.39. The number of nitrogen functional groups attached to an aromatic ring is 1. The van der Waals surface area contributed by atoms with Crippen LogP contribution in [0.15, 0.2) is 73.1 Å². The molecule has 1 unspecified atom stereocenters. The Morgan fingerprint density at radius 1 is 1.10 bits per heavy atom. The number of urea groups is 1. The zero-order valence-corrected chi connectivity index (χ0v) is 16.1. The Morgan fingerprint density at radius 3 is 2.83 bits per heavy atom. The third-order valence-electron chi connectivity index (χ3n) is 5.18. The topological polar surface area (TPSA) is 97.8 Å². The van der Waals surface area contributed by atoms with Crippen molar-refractivity contribution in [3.63, 3.8) is 0 Å². The summed E-state index contributed by atoms with van der Waals surface area (Å²) < 4.78 is 1.73. The summed E-state index contributed by atoms with van der Waals surface area (Å²) in [4.78, 5) is 22.5. The Bertz CT molecular complexity index is 1210. The molecule has 3 N–H and O–H groups in total. The SMILES string of the molecule is Nc1ncnn2c(-c3cccc(NC(=O)N4OCCC4c4ccccc4)c3)ccc12. The Labute approximate surface area is 172 Å². The number of hydroxylamine groups is 2. The van der Waals surface area contributed by atoms with Crippen molar-refractivity contribution < 1.29 is 9.63 Å². The first-order chi connectivity index (χ1) is 14.7. The standard InChI is InChI=1S/C22H20N6O2/c23-21-20-10-9-18(27(20)25-14-24-21)16-7-4-8-17(13-16)26-22(29)28-19(11-12-30-28)15-5-2-1-3-6-15/h1-10,13-14,19H,11-12H2,(H,26,29)(H2,23,24,25). The minimum atomic E-state index is -0.301.